The molecule has 2 rings (SSSR count). The van der Waals surface area contributed by atoms with E-state index in [1.54, 1.807) is 12.5 Å². The molecule has 0 aliphatic rings. The van der Waals surface area contributed by atoms with Crippen molar-refractivity contribution in [2.75, 3.05) is 0 Å². The van der Waals surface area contributed by atoms with Crippen LogP contribution in [0.1, 0.15) is 26.3 Å². The zero-order chi connectivity index (χ0) is 18.3. The van der Waals surface area contributed by atoms with Crippen molar-refractivity contribution in [2.45, 2.75) is 50.5 Å². The van der Waals surface area contributed by atoms with Crippen LogP contribution in [0, 0.1) is 0 Å². The zero-order valence-electron chi connectivity index (χ0n) is 15.7. The van der Waals surface area contributed by atoms with Gasteiger partial charge in [-0.1, -0.05) is 57.2 Å². The smallest absolute Gasteiger partial charge is 0.251 e. The lowest BCUT2D eigenvalue weighted by Gasteiger charge is -2.36. The average molecular weight is 374 g/mol. The van der Waals surface area contributed by atoms with Gasteiger partial charge in [-0.25, -0.2) is 4.98 Å². The molecule has 3 nitrogen and oxygen atoms in total. The fourth-order valence-electron chi connectivity index (χ4n) is 1.76. The van der Waals surface area contributed by atoms with Gasteiger partial charge in [-0.15, -0.1) is 0 Å². The molecule has 134 valence electrons. The van der Waals surface area contributed by atoms with Gasteiger partial charge >= 0.3 is 0 Å². The van der Waals surface area contributed by atoms with Gasteiger partial charge in [-0.3, -0.25) is 0 Å². The van der Waals surface area contributed by atoms with Crippen LogP contribution in [0.15, 0.2) is 71.1 Å². The molecule has 0 spiro atoms. The van der Waals surface area contributed by atoms with Crippen LogP contribution >= 0.6 is 11.8 Å². The number of pyridine rings is 1. The average Bonchev–Trinajstić information content (AvgIpc) is 2.55. The van der Waals surface area contributed by atoms with Crippen LogP contribution < -0.4 is 0 Å². The number of hydrogen-bond donors (Lipinski definition) is 0. The van der Waals surface area contributed by atoms with Crippen LogP contribution in [0.4, 0.5) is 0 Å². The van der Waals surface area contributed by atoms with Crippen molar-refractivity contribution in [3.8, 4) is 0 Å². The molecule has 0 unspecified atom stereocenters. The SMILES string of the molecule is CC(C)(C)[Si](C)(C)O/C(=C\OCc1ccccc1)Sc1ccccn1. The first-order chi connectivity index (χ1) is 11.8. The topological polar surface area (TPSA) is 31.4 Å². The van der Waals surface area contributed by atoms with Gasteiger partial charge in [-0.05, 0) is 47.6 Å². The minimum Gasteiger partial charge on any atom is -0.537 e. The van der Waals surface area contributed by atoms with Crippen molar-refractivity contribution in [3.05, 3.63) is 71.6 Å². The Labute approximate surface area is 156 Å². The van der Waals surface area contributed by atoms with Gasteiger partial charge in [0.2, 0.25) is 0 Å². The van der Waals surface area contributed by atoms with E-state index in [0.717, 1.165) is 15.7 Å². The molecule has 2 aromatic rings. The van der Waals surface area contributed by atoms with Crippen molar-refractivity contribution in [1.29, 1.82) is 0 Å². The van der Waals surface area contributed by atoms with Crippen molar-refractivity contribution in [3.63, 3.8) is 0 Å². The van der Waals surface area contributed by atoms with Crippen LogP contribution in [0.2, 0.25) is 18.1 Å². The van der Waals surface area contributed by atoms with Crippen LogP contribution in [-0.2, 0) is 15.8 Å². The monoisotopic (exact) mass is 373 g/mol. The van der Waals surface area contributed by atoms with Gasteiger partial charge in [0.1, 0.15) is 17.9 Å². The number of aromatic nitrogens is 1. The maximum atomic E-state index is 6.44. The Kier molecular flexibility index (Phi) is 6.73. The fourth-order valence-corrected chi connectivity index (χ4v) is 4.00. The molecular weight excluding hydrogens is 346 g/mol. The second-order valence-electron chi connectivity index (χ2n) is 7.37. The van der Waals surface area contributed by atoms with E-state index in [4.69, 9.17) is 9.16 Å². The van der Waals surface area contributed by atoms with E-state index >= 15 is 0 Å². The van der Waals surface area contributed by atoms with Crippen molar-refractivity contribution >= 4 is 20.1 Å². The van der Waals surface area contributed by atoms with Gasteiger partial charge in [0, 0.05) is 6.20 Å². The lowest BCUT2D eigenvalue weighted by molar-refractivity contribution is 0.223. The summed E-state index contributed by atoms with van der Waals surface area (Å²) in [7, 11) is -1.95. The van der Waals surface area contributed by atoms with Gasteiger partial charge in [-0.2, -0.15) is 0 Å². The fraction of sp³-hybridized carbons (Fsp3) is 0.350. The molecule has 0 fully saturated rings. The maximum Gasteiger partial charge on any atom is 0.251 e. The third-order valence-electron chi connectivity index (χ3n) is 4.28. The standard InChI is InChI=1S/C20H27NO2SSi/c1-20(2,3)25(4,5)23-19(24-18-13-9-10-14-21-18)16-22-15-17-11-7-6-8-12-17/h6-14,16H,15H2,1-5H3/b19-16+. The molecule has 25 heavy (non-hydrogen) atoms. The summed E-state index contributed by atoms with van der Waals surface area (Å²) in [6.45, 7) is 11.7. The first kappa shape index (κ1) is 19.6. The van der Waals surface area contributed by atoms with Gasteiger partial charge in [0.25, 0.3) is 8.32 Å². The maximum absolute atomic E-state index is 6.44. The zero-order valence-corrected chi connectivity index (χ0v) is 17.5. The molecule has 0 aliphatic carbocycles. The van der Waals surface area contributed by atoms with Crippen molar-refractivity contribution in [2.24, 2.45) is 0 Å². The number of thioether (sulfide) groups is 1. The molecule has 0 saturated heterocycles. The van der Waals surface area contributed by atoms with Gasteiger partial charge in [0.05, 0.1) is 0 Å². The van der Waals surface area contributed by atoms with E-state index in [-0.39, 0.29) is 5.04 Å². The molecular formula is C20H27NO2SSi. The minimum atomic E-state index is -1.95. The summed E-state index contributed by atoms with van der Waals surface area (Å²) in [6.07, 6.45) is 3.52. The van der Waals surface area contributed by atoms with Gasteiger partial charge in [0.15, 0.2) is 5.09 Å². The first-order valence-electron chi connectivity index (χ1n) is 8.41. The van der Waals surface area contributed by atoms with E-state index in [1.807, 2.05) is 48.5 Å². The van der Waals surface area contributed by atoms with E-state index in [1.165, 1.54) is 11.8 Å². The summed E-state index contributed by atoms with van der Waals surface area (Å²) in [4.78, 5) is 4.38. The van der Waals surface area contributed by atoms with Crippen LogP contribution in [0.25, 0.3) is 0 Å². The summed E-state index contributed by atoms with van der Waals surface area (Å²) in [5.41, 5.74) is 1.13. The Balaban J connectivity index is 2.12. The summed E-state index contributed by atoms with van der Waals surface area (Å²) < 4.78 is 12.2. The summed E-state index contributed by atoms with van der Waals surface area (Å²) in [5.74, 6) is 0. The number of rotatable bonds is 7. The van der Waals surface area contributed by atoms with E-state index in [2.05, 4.69) is 38.8 Å². The second-order valence-corrected chi connectivity index (χ2v) is 13.1. The normalized spacial score (nSPS) is 12.8. The first-order valence-corrected chi connectivity index (χ1v) is 12.1. The number of nitrogens with zero attached hydrogens (tertiary/aromatic N) is 1. The lowest BCUT2D eigenvalue weighted by Crippen LogP contribution is -2.40. The number of ether oxygens (including phenoxy) is 1. The molecule has 5 heteroatoms. The number of benzene rings is 1. The largest absolute Gasteiger partial charge is 0.537 e. The second kappa shape index (κ2) is 8.58. The molecule has 1 aromatic heterocycles. The number of hydrogen-bond acceptors (Lipinski definition) is 4. The van der Waals surface area contributed by atoms with E-state index in [9.17, 15) is 0 Å². The summed E-state index contributed by atoms with van der Waals surface area (Å²) in [5, 5.41) is 1.79. The van der Waals surface area contributed by atoms with Crippen molar-refractivity contribution in [1.82, 2.24) is 4.98 Å². The predicted octanol–water partition coefficient (Wildman–Crippen LogP) is 6.21. The quantitative estimate of drug-likeness (QED) is 0.328. The van der Waals surface area contributed by atoms with Crippen LogP contribution in [0.3, 0.4) is 0 Å². The van der Waals surface area contributed by atoms with Gasteiger partial charge < -0.3 is 9.16 Å². The summed E-state index contributed by atoms with van der Waals surface area (Å²) >= 11 is 1.50. The highest BCUT2D eigenvalue weighted by molar-refractivity contribution is 8.02. The molecule has 0 N–H and O–H groups in total. The third kappa shape index (κ3) is 6.25. The van der Waals surface area contributed by atoms with E-state index < -0.39 is 8.32 Å². The third-order valence-corrected chi connectivity index (χ3v) is 9.60. The summed E-state index contributed by atoms with van der Waals surface area (Å²) in [6, 6.07) is 16.0. The Morgan fingerprint density at radius 1 is 1.08 bits per heavy atom. The molecule has 1 heterocycles. The Bertz CT molecular complexity index is 682. The Morgan fingerprint density at radius 2 is 1.76 bits per heavy atom. The van der Waals surface area contributed by atoms with Crippen LogP contribution in [-0.4, -0.2) is 13.3 Å². The molecule has 0 radical (unpaired) electrons. The Hall–Kier alpha value is -1.72. The molecule has 0 atom stereocenters. The van der Waals surface area contributed by atoms with Crippen LogP contribution in [0.5, 0.6) is 0 Å². The molecule has 0 bridgehead atoms. The van der Waals surface area contributed by atoms with E-state index in [0.29, 0.717) is 6.61 Å². The van der Waals surface area contributed by atoms with Crippen molar-refractivity contribution < 1.29 is 9.16 Å². The highest BCUT2D eigenvalue weighted by Gasteiger charge is 2.39. The molecule has 0 aliphatic heterocycles. The molecule has 1 aromatic carbocycles. The molecule has 0 amide bonds. The minimum absolute atomic E-state index is 0.121. The highest BCUT2D eigenvalue weighted by Crippen LogP contribution is 2.40. The lowest BCUT2D eigenvalue weighted by atomic mass is 10.2. The molecule has 0 saturated carbocycles. The predicted molar refractivity (Wildman–Crippen MR) is 108 cm³/mol. The Morgan fingerprint density at radius 3 is 2.36 bits per heavy atom. The highest BCUT2D eigenvalue weighted by atomic mass is 32.2.